The fourth-order valence-electron chi connectivity index (χ4n) is 3.74. The van der Waals surface area contributed by atoms with Gasteiger partial charge in [0.1, 0.15) is 11.2 Å². The molecule has 0 radical (unpaired) electrons. The normalized spacial score (nSPS) is 23.2. The Morgan fingerprint density at radius 3 is 2.04 bits per heavy atom. The van der Waals surface area contributed by atoms with Crippen molar-refractivity contribution in [3.05, 3.63) is 0 Å². The average molecular weight is 398 g/mol. The van der Waals surface area contributed by atoms with E-state index in [4.69, 9.17) is 9.47 Å². The minimum absolute atomic E-state index is 0.226. The Bertz CT molecular complexity index is 571. The lowest BCUT2D eigenvalue weighted by atomic mass is 9.87. The second kappa shape index (κ2) is 8.09. The number of amides is 2. The molecule has 0 aromatic carbocycles. The van der Waals surface area contributed by atoms with Gasteiger partial charge in [-0.1, -0.05) is 0 Å². The molecule has 162 valence electrons. The number of hydrogen-bond acceptors (Lipinski definition) is 5. The van der Waals surface area contributed by atoms with Crippen LogP contribution in [0.4, 0.5) is 9.59 Å². The van der Waals surface area contributed by atoms with E-state index >= 15 is 0 Å². The van der Waals surface area contributed by atoms with Gasteiger partial charge in [0.15, 0.2) is 0 Å². The highest BCUT2D eigenvalue weighted by molar-refractivity contribution is 5.69. The molecule has 7 nitrogen and oxygen atoms in total. The highest BCUT2D eigenvalue weighted by atomic mass is 16.6. The summed E-state index contributed by atoms with van der Waals surface area (Å²) < 4.78 is 11.0. The monoisotopic (exact) mass is 397 g/mol. The van der Waals surface area contributed by atoms with E-state index in [1.165, 1.54) is 0 Å². The topological polar surface area (TPSA) is 71.1 Å². The molecule has 2 rings (SSSR count). The molecule has 0 bridgehead atoms. The number of hydrogen-bond donors (Lipinski definition) is 1. The third kappa shape index (κ3) is 6.54. The summed E-state index contributed by atoms with van der Waals surface area (Å²) in [5, 5.41) is 3.64. The van der Waals surface area contributed by atoms with Crippen molar-refractivity contribution < 1.29 is 19.1 Å². The lowest BCUT2D eigenvalue weighted by Crippen LogP contribution is -2.59. The van der Waals surface area contributed by atoms with Gasteiger partial charge in [0, 0.05) is 43.7 Å². The molecule has 0 aromatic rings. The van der Waals surface area contributed by atoms with E-state index in [2.05, 4.69) is 19.2 Å². The molecule has 1 atom stereocenters. The number of piperidine rings is 1. The third-order valence-electron chi connectivity index (χ3n) is 5.10. The smallest absolute Gasteiger partial charge is 0.410 e. The van der Waals surface area contributed by atoms with Gasteiger partial charge in [0.25, 0.3) is 0 Å². The molecule has 2 heterocycles. The Morgan fingerprint density at radius 1 is 1.00 bits per heavy atom. The molecular formula is C21H39N3O4. The van der Waals surface area contributed by atoms with Crippen molar-refractivity contribution in [1.82, 2.24) is 15.1 Å². The Morgan fingerprint density at radius 2 is 1.54 bits per heavy atom. The zero-order valence-corrected chi connectivity index (χ0v) is 18.9. The van der Waals surface area contributed by atoms with E-state index in [0.717, 1.165) is 32.5 Å². The Kier molecular flexibility index (Phi) is 6.58. The molecule has 2 fully saturated rings. The lowest BCUT2D eigenvalue weighted by Gasteiger charge is -2.46. The van der Waals surface area contributed by atoms with Gasteiger partial charge >= 0.3 is 12.2 Å². The van der Waals surface area contributed by atoms with Crippen molar-refractivity contribution in [2.24, 2.45) is 5.92 Å². The number of carbonyl (C=O) groups excluding carboxylic acids is 2. The van der Waals surface area contributed by atoms with Crippen molar-refractivity contribution in [1.29, 1.82) is 0 Å². The number of likely N-dealkylation sites (tertiary alicyclic amines) is 2. The predicted molar refractivity (Wildman–Crippen MR) is 109 cm³/mol. The van der Waals surface area contributed by atoms with E-state index in [1.54, 1.807) is 4.90 Å². The molecule has 0 aromatic heterocycles. The van der Waals surface area contributed by atoms with Gasteiger partial charge in [-0.3, -0.25) is 0 Å². The molecule has 2 amide bonds. The van der Waals surface area contributed by atoms with Crippen LogP contribution >= 0.6 is 0 Å². The summed E-state index contributed by atoms with van der Waals surface area (Å²) in [7, 11) is 0. The minimum Gasteiger partial charge on any atom is -0.444 e. The summed E-state index contributed by atoms with van der Waals surface area (Å²) in [5.74, 6) is 0.458. The van der Waals surface area contributed by atoms with Crippen LogP contribution in [-0.4, -0.2) is 70.9 Å². The van der Waals surface area contributed by atoms with Crippen molar-refractivity contribution in [3.8, 4) is 0 Å². The van der Waals surface area contributed by atoms with E-state index in [-0.39, 0.29) is 17.7 Å². The molecule has 2 saturated heterocycles. The summed E-state index contributed by atoms with van der Waals surface area (Å²) in [6.45, 7) is 18.6. The summed E-state index contributed by atoms with van der Waals surface area (Å²) in [5.41, 5.74) is -1.18. The van der Waals surface area contributed by atoms with E-state index in [1.807, 2.05) is 46.4 Å². The number of carbonyl (C=O) groups is 2. The van der Waals surface area contributed by atoms with Crippen molar-refractivity contribution in [2.75, 3.05) is 26.2 Å². The standard InChI is InChI=1S/C21H39N3O4/c1-19(2,3)27-17(25)23-13-15(14-23)12-22-16-9-10-24(21(7,8)11-16)18(26)28-20(4,5)6/h15-16,22H,9-14H2,1-8H3. The van der Waals surface area contributed by atoms with Crippen LogP contribution in [0.1, 0.15) is 68.2 Å². The van der Waals surface area contributed by atoms with Crippen LogP contribution in [-0.2, 0) is 9.47 Å². The minimum atomic E-state index is -0.480. The van der Waals surface area contributed by atoms with Gasteiger partial charge in [0.05, 0.1) is 0 Å². The van der Waals surface area contributed by atoms with Crippen molar-refractivity contribution in [2.45, 2.75) is 91.0 Å². The van der Waals surface area contributed by atoms with E-state index in [9.17, 15) is 9.59 Å². The van der Waals surface area contributed by atoms with Gasteiger partial charge in [-0.2, -0.15) is 0 Å². The second-order valence-corrected chi connectivity index (χ2v) is 10.8. The van der Waals surface area contributed by atoms with Gasteiger partial charge in [0.2, 0.25) is 0 Å². The van der Waals surface area contributed by atoms with Crippen LogP contribution in [0.2, 0.25) is 0 Å². The lowest BCUT2D eigenvalue weighted by molar-refractivity contribution is -0.0126. The first-order valence-corrected chi connectivity index (χ1v) is 10.4. The molecule has 2 aliphatic rings. The van der Waals surface area contributed by atoms with Crippen molar-refractivity contribution >= 4 is 12.2 Å². The highest BCUT2D eigenvalue weighted by Crippen LogP contribution is 2.30. The number of rotatable bonds is 3. The first kappa shape index (κ1) is 22.8. The zero-order valence-electron chi connectivity index (χ0n) is 18.9. The maximum absolute atomic E-state index is 12.5. The maximum atomic E-state index is 12.5. The van der Waals surface area contributed by atoms with E-state index in [0.29, 0.717) is 18.5 Å². The summed E-state index contributed by atoms with van der Waals surface area (Å²) in [4.78, 5) is 28.1. The first-order chi connectivity index (χ1) is 12.7. The Hall–Kier alpha value is -1.50. The summed E-state index contributed by atoms with van der Waals surface area (Å²) in [6.07, 6.45) is 1.33. The molecule has 2 aliphatic heterocycles. The SMILES string of the molecule is CC(C)(C)OC(=O)N1CC(CNC2CCN(C(=O)OC(C)(C)C)C(C)(C)C2)C1. The van der Waals surface area contributed by atoms with Crippen LogP contribution in [0.5, 0.6) is 0 Å². The molecule has 28 heavy (non-hydrogen) atoms. The average Bonchev–Trinajstić information content (AvgIpc) is 2.40. The van der Waals surface area contributed by atoms with Crippen LogP contribution in [0, 0.1) is 5.92 Å². The molecule has 1 unspecified atom stereocenters. The fraction of sp³-hybridized carbons (Fsp3) is 0.905. The van der Waals surface area contributed by atoms with Crippen LogP contribution in [0.3, 0.4) is 0 Å². The molecule has 1 N–H and O–H groups in total. The largest absolute Gasteiger partial charge is 0.444 e. The quantitative estimate of drug-likeness (QED) is 0.787. The molecule has 7 heteroatoms. The maximum Gasteiger partial charge on any atom is 0.410 e. The zero-order chi connectivity index (χ0) is 21.3. The Labute approximate surface area is 170 Å². The third-order valence-corrected chi connectivity index (χ3v) is 5.10. The van der Waals surface area contributed by atoms with Gasteiger partial charge in [-0.25, -0.2) is 9.59 Å². The van der Waals surface area contributed by atoms with Crippen LogP contribution in [0.15, 0.2) is 0 Å². The first-order valence-electron chi connectivity index (χ1n) is 10.4. The molecular weight excluding hydrogens is 358 g/mol. The predicted octanol–water partition coefficient (Wildman–Crippen LogP) is 3.62. The summed E-state index contributed by atoms with van der Waals surface area (Å²) in [6, 6.07) is 0.365. The fourth-order valence-corrected chi connectivity index (χ4v) is 3.74. The number of ether oxygens (including phenoxy) is 2. The van der Waals surface area contributed by atoms with Crippen LogP contribution in [0.25, 0.3) is 0 Å². The molecule has 0 saturated carbocycles. The number of nitrogens with zero attached hydrogens (tertiary/aromatic N) is 2. The second-order valence-electron chi connectivity index (χ2n) is 10.8. The van der Waals surface area contributed by atoms with Gasteiger partial charge in [-0.05, 0) is 68.2 Å². The molecule has 0 spiro atoms. The van der Waals surface area contributed by atoms with Crippen molar-refractivity contribution in [3.63, 3.8) is 0 Å². The highest BCUT2D eigenvalue weighted by Gasteiger charge is 2.40. The van der Waals surface area contributed by atoms with Gasteiger partial charge in [-0.15, -0.1) is 0 Å². The summed E-state index contributed by atoms with van der Waals surface area (Å²) >= 11 is 0. The van der Waals surface area contributed by atoms with Crippen LogP contribution < -0.4 is 5.32 Å². The Balaban J connectivity index is 1.74. The number of nitrogens with one attached hydrogen (secondary N) is 1. The van der Waals surface area contributed by atoms with E-state index < -0.39 is 11.2 Å². The van der Waals surface area contributed by atoms with Gasteiger partial charge < -0.3 is 24.6 Å². The molecule has 0 aliphatic carbocycles.